The van der Waals surface area contributed by atoms with E-state index in [0.717, 1.165) is 16.9 Å². The van der Waals surface area contributed by atoms with Gasteiger partial charge in [0.1, 0.15) is 23.0 Å². The molecule has 2 amide bonds. The van der Waals surface area contributed by atoms with Crippen LogP contribution in [-0.4, -0.2) is 74.5 Å². The number of methoxy groups -OCH3 is 3. The Balaban J connectivity index is 0.000000238. The highest BCUT2D eigenvalue weighted by Gasteiger charge is 2.17. The molecule has 0 fully saturated rings. The Labute approximate surface area is 365 Å². The average molecular weight is 849 g/mol. The molecule has 322 valence electrons. The van der Waals surface area contributed by atoms with Crippen molar-refractivity contribution in [2.75, 3.05) is 34.4 Å². The van der Waals surface area contributed by atoms with Crippen LogP contribution in [0.5, 0.6) is 23.0 Å². The monoisotopic (exact) mass is 848 g/mol. The molecule has 0 heterocycles. The molecule has 6 aromatic carbocycles. The van der Waals surface area contributed by atoms with E-state index in [1.807, 2.05) is 24.3 Å². The number of carbonyl (C=O) groups excluding carboxylic acids is 6. The lowest BCUT2D eigenvalue weighted by Gasteiger charge is -2.07. The van der Waals surface area contributed by atoms with Gasteiger partial charge in [0.25, 0.3) is 11.8 Å². The minimum Gasteiger partial charge on any atom is -0.508 e. The number of rotatable bonds is 19. The van der Waals surface area contributed by atoms with Crippen molar-refractivity contribution in [1.82, 2.24) is 10.6 Å². The largest absolute Gasteiger partial charge is 0.508 e. The fraction of sp³-hybridized carbons (Fsp3) is 0.176. The third-order valence-electron chi connectivity index (χ3n) is 9.87. The Kier molecular flexibility index (Phi) is 17.0. The number of benzene rings is 6. The molecule has 0 aliphatic heterocycles. The highest BCUT2D eigenvalue weighted by molar-refractivity contribution is 6.37. The molecule has 0 bridgehead atoms. The maximum absolute atomic E-state index is 12.6. The zero-order valence-corrected chi connectivity index (χ0v) is 35.2. The van der Waals surface area contributed by atoms with Gasteiger partial charge < -0.3 is 30.0 Å². The SMILES string of the molecule is COc1ccc(C(=O)c2ccc(CC(=O)C(=O)NCCc3ccc(O)cc3)cc2)cc1.COc1ccc(CCNC(=O)C(=O)Cc2ccc(C(=O)c3ccc(OC)cc3)cc2)cc1. The third kappa shape index (κ3) is 14.1. The summed E-state index contributed by atoms with van der Waals surface area (Å²) >= 11 is 0. The molecule has 0 aromatic heterocycles. The zero-order chi connectivity index (χ0) is 45.1. The Hall–Kier alpha value is -7.86. The Morgan fingerprint density at radius 1 is 0.397 bits per heavy atom. The lowest BCUT2D eigenvalue weighted by Crippen LogP contribution is -2.33. The van der Waals surface area contributed by atoms with Crippen LogP contribution in [0.1, 0.15) is 54.1 Å². The number of nitrogens with one attached hydrogen (secondary N) is 2. The molecule has 0 radical (unpaired) electrons. The molecule has 0 aliphatic rings. The van der Waals surface area contributed by atoms with E-state index in [9.17, 15) is 33.9 Å². The number of hydrogen-bond donors (Lipinski definition) is 3. The summed E-state index contributed by atoms with van der Waals surface area (Å²) in [5.74, 6) is -0.272. The second kappa shape index (κ2) is 23.2. The molecule has 6 rings (SSSR count). The first kappa shape index (κ1) is 46.2. The van der Waals surface area contributed by atoms with Crippen molar-refractivity contribution in [2.45, 2.75) is 25.7 Å². The van der Waals surface area contributed by atoms with Crippen LogP contribution in [0.15, 0.2) is 146 Å². The number of phenolic OH excluding ortho intramolecular Hbond substituents is 1. The topological polar surface area (TPSA) is 174 Å². The van der Waals surface area contributed by atoms with E-state index in [1.165, 1.54) is 0 Å². The Bertz CT molecular complexity index is 2480. The summed E-state index contributed by atoms with van der Waals surface area (Å²) < 4.78 is 15.3. The summed E-state index contributed by atoms with van der Waals surface area (Å²) in [5, 5.41) is 14.5. The average Bonchev–Trinajstić information content (AvgIpc) is 3.32. The second-order valence-corrected chi connectivity index (χ2v) is 14.2. The maximum Gasteiger partial charge on any atom is 0.287 e. The van der Waals surface area contributed by atoms with Crippen LogP contribution in [0.3, 0.4) is 0 Å². The Morgan fingerprint density at radius 3 is 0.984 bits per heavy atom. The van der Waals surface area contributed by atoms with E-state index in [-0.39, 0.29) is 30.2 Å². The number of ether oxygens (including phenoxy) is 3. The fourth-order valence-electron chi connectivity index (χ4n) is 6.19. The van der Waals surface area contributed by atoms with Crippen LogP contribution in [0.25, 0.3) is 0 Å². The smallest absolute Gasteiger partial charge is 0.287 e. The van der Waals surface area contributed by atoms with Crippen molar-refractivity contribution in [1.29, 1.82) is 0 Å². The first-order valence-electron chi connectivity index (χ1n) is 20.0. The van der Waals surface area contributed by atoms with Crippen molar-refractivity contribution in [3.63, 3.8) is 0 Å². The number of hydrogen-bond acceptors (Lipinski definition) is 10. The van der Waals surface area contributed by atoms with Crippen LogP contribution in [0.2, 0.25) is 0 Å². The minimum absolute atomic E-state index is 0.0224. The summed E-state index contributed by atoms with van der Waals surface area (Å²) in [6.45, 7) is 0.691. The van der Waals surface area contributed by atoms with Crippen molar-refractivity contribution in [3.05, 3.63) is 190 Å². The summed E-state index contributed by atoms with van der Waals surface area (Å²) in [6.07, 6.45) is 1.11. The summed E-state index contributed by atoms with van der Waals surface area (Å²) in [5.41, 5.74) is 5.41. The van der Waals surface area contributed by atoms with E-state index in [1.54, 1.807) is 143 Å². The standard InChI is InChI=1S/C26H25NO5.C25H23NO5/c1-31-22-11-5-18(6-12-22)15-16-27-26(30)24(28)17-19-3-7-20(8-4-19)25(29)21-9-13-23(32-2)14-10-21;1-31-22-12-8-20(9-13-22)24(29)19-6-2-18(3-7-19)16-23(28)25(30)26-15-14-17-4-10-21(27)11-5-17/h3-14H,15-17H2,1-2H3,(H,27,30);2-13,27H,14-16H2,1H3,(H,26,30). The quantitative estimate of drug-likeness (QED) is 0.0603. The molecule has 12 nitrogen and oxygen atoms in total. The maximum atomic E-state index is 12.6. The van der Waals surface area contributed by atoms with E-state index in [0.29, 0.717) is 70.8 Å². The van der Waals surface area contributed by atoms with Gasteiger partial charge in [0.15, 0.2) is 11.6 Å². The fourth-order valence-corrected chi connectivity index (χ4v) is 6.19. The van der Waals surface area contributed by atoms with Gasteiger partial charge in [-0.3, -0.25) is 28.8 Å². The highest BCUT2D eigenvalue weighted by atomic mass is 16.5. The molecular weight excluding hydrogens is 801 g/mol. The van der Waals surface area contributed by atoms with Gasteiger partial charge in [-0.15, -0.1) is 0 Å². The van der Waals surface area contributed by atoms with Crippen LogP contribution < -0.4 is 24.8 Å². The second-order valence-electron chi connectivity index (χ2n) is 14.2. The molecule has 6 aromatic rings. The van der Waals surface area contributed by atoms with Crippen LogP contribution in [0, 0.1) is 0 Å². The molecule has 0 aliphatic carbocycles. The van der Waals surface area contributed by atoms with Gasteiger partial charge in [0.2, 0.25) is 11.6 Å². The predicted octanol–water partition coefficient (Wildman–Crippen LogP) is 6.51. The van der Waals surface area contributed by atoms with E-state index < -0.39 is 23.4 Å². The van der Waals surface area contributed by atoms with Gasteiger partial charge in [-0.2, -0.15) is 0 Å². The lowest BCUT2D eigenvalue weighted by molar-refractivity contribution is -0.137. The third-order valence-corrected chi connectivity index (χ3v) is 9.87. The van der Waals surface area contributed by atoms with E-state index in [2.05, 4.69) is 10.6 Å². The van der Waals surface area contributed by atoms with Gasteiger partial charge in [0.05, 0.1) is 21.3 Å². The van der Waals surface area contributed by atoms with E-state index in [4.69, 9.17) is 14.2 Å². The van der Waals surface area contributed by atoms with Crippen molar-refractivity contribution in [3.8, 4) is 23.0 Å². The summed E-state index contributed by atoms with van der Waals surface area (Å²) in [7, 11) is 4.73. The number of Topliss-reactive ketones (excluding diaryl/α,β-unsaturated/α-hetero) is 2. The van der Waals surface area contributed by atoms with Crippen molar-refractivity contribution < 1.29 is 48.1 Å². The van der Waals surface area contributed by atoms with Crippen molar-refractivity contribution in [2.24, 2.45) is 0 Å². The molecule has 0 saturated heterocycles. The number of aromatic hydroxyl groups is 1. The molecule has 0 unspecified atom stereocenters. The molecular formula is C51H48N2O10. The summed E-state index contributed by atoms with van der Waals surface area (Å²) in [6, 6.07) is 41.3. The first-order valence-corrected chi connectivity index (χ1v) is 20.0. The summed E-state index contributed by atoms with van der Waals surface area (Å²) in [4.78, 5) is 73.7. The van der Waals surface area contributed by atoms with Crippen LogP contribution in [0.4, 0.5) is 0 Å². The van der Waals surface area contributed by atoms with Crippen LogP contribution in [-0.2, 0) is 44.9 Å². The molecule has 12 heteroatoms. The number of ketones is 4. The molecule has 0 spiro atoms. The molecule has 0 saturated carbocycles. The van der Waals surface area contributed by atoms with Gasteiger partial charge >= 0.3 is 0 Å². The zero-order valence-electron chi connectivity index (χ0n) is 35.2. The number of phenols is 1. The van der Waals surface area contributed by atoms with Gasteiger partial charge in [-0.1, -0.05) is 72.8 Å². The molecule has 3 N–H and O–H groups in total. The van der Waals surface area contributed by atoms with Crippen LogP contribution >= 0.6 is 0 Å². The Morgan fingerprint density at radius 2 is 0.667 bits per heavy atom. The minimum atomic E-state index is -0.642. The highest BCUT2D eigenvalue weighted by Crippen LogP contribution is 2.18. The van der Waals surface area contributed by atoms with Gasteiger partial charge in [-0.25, -0.2) is 0 Å². The normalized spacial score (nSPS) is 10.3. The lowest BCUT2D eigenvalue weighted by atomic mass is 10.0. The van der Waals surface area contributed by atoms with E-state index >= 15 is 0 Å². The molecule has 0 atom stereocenters. The number of amides is 2. The van der Waals surface area contributed by atoms with Gasteiger partial charge in [-0.05, 0) is 108 Å². The first-order chi connectivity index (χ1) is 30.5. The van der Waals surface area contributed by atoms with Crippen molar-refractivity contribution >= 4 is 34.9 Å². The number of carbonyl (C=O) groups is 6. The molecule has 63 heavy (non-hydrogen) atoms. The predicted molar refractivity (Wildman–Crippen MR) is 238 cm³/mol. The van der Waals surface area contributed by atoms with Gasteiger partial charge in [0, 0.05) is 48.2 Å².